The van der Waals surface area contributed by atoms with E-state index in [-0.39, 0.29) is 0 Å². The lowest BCUT2D eigenvalue weighted by atomic mass is 9.93. The zero-order chi connectivity index (χ0) is 10.7. The number of nitrogens with one attached hydrogen (secondary N) is 1. The number of hydrogen-bond donors (Lipinski definition) is 1. The fourth-order valence-corrected chi connectivity index (χ4v) is 2.28. The van der Waals surface area contributed by atoms with Crippen molar-refractivity contribution in [1.29, 1.82) is 0 Å². The first-order valence-corrected chi connectivity index (χ1v) is 5.56. The van der Waals surface area contributed by atoms with Crippen LogP contribution >= 0.6 is 15.9 Å². The Kier molecular flexibility index (Phi) is 4.07. The maximum atomic E-state index is 3.99. The van der Waals surface area contributed by atoms with Crippen molar-refractivity contribution in [2.45, 2.75) is 19.8 Å². The minimum Gasteiger partial charge on any atom is -0.319 e. The molecule has 1 rings (SSSR count). The van der Waals surface area contributed by atoms with E-state index in [1.54, 1.807) is 0 Å². The van der Waals surface area contributed by atoms with Gasteiger partial charge in [-0.2, -0.15) is 0 Å². The average Bonchev–Trinajstić information content (AvgIpc) is 2.46. The molecule has 80 valence electrons. The van der Waals surface area contributed by atoms with Crippen LogP contribution in [0.5, 0.6) is 0 Å². The fraction of sp³-hybridized carbons (Fsp3) is 0.778. The molecule has 1 aromatic heterocycles. The third kappa shape index (κ3) is 2.33. The molecule has 2 atom stereocenters. The van der Waals surface area contributed by atoms with Crippen molar-refractivity contribution in [3.63, 3.8) is 0 Å². The van der Waals surface area contributed by atoms with E-state index in [1.807, 2.05) is 18.8 Å². The molecule has 14 heavy (non-hydrogen) atoms. The third-order valence-corrected chi connectivity index (χ3v) is 3.20. The minimum absolute atomic E-state index is 0.442. The second kappa shape index (κ2) is 4.89. The molecule has 5 heteroatoms. The monoisotopic (exact) mass is 260 g/mol. The number of hydrogen-bond acceptors (Lipinski definition) is 3. The zero-order valence-electron chi connectivity index (χ0n) is 9.08. The van der Waals surface area contributed by atoms with E-state index >= 15 is 0 Å². The van der Waals surface area contributed by atoms with Gasteiger partial charge in [-0.15, -0.1) is 5.10 Å². The zero-order valence-corrected chi connectivity index (χ0v) is 10.7. The normalized spacial score (nSPS) is 15.5. The number of aryl methyl sites for hydroxylation is 1. The van der Waals surface area contributed by atoms with E-state index in [1.165, 1.54) is 0 Å². The fourth-order valence-electron chi connectivity index (χ4n) is 1.59. The van der Waals surface area contributed by atoms with E-state index in [4.69, 9.17) is 0 Å². The lowest BCUT2D eigenvalue weighted by Crippen LogP contribution is -2.22. The molecule has 0 aliphatic carbocycles. The maximum absolute atomic E-state index is 3.99. The first-order valence-electron chi connectivity index (χ1n) is 4.77. The minimum atomic E-state index is 0.442. The second-order valence-corrected chi connectivity index (χ2v) is 4.46. The molecule has 0 saturated carbocycles. The highest BCUT2D eigenvalue weighted by Gasteiger charge is 2.20. The Morgan fingerprint density at radius 1 is 1.50 bits per heavy atom. The summed E-state index contributed by atoms with van der Waals surface area (Å²) < 4.78 is 2.69. The third-order valence-electron chi connectivity index (χ3n) is 2.64. The van der Waals surface area contributed by atoms with Gasteiger partial charge in [0.1, 0.15) is 0 Å². The highest BCUT2D eigenvalue weighted by molar-refractivity contribution is 9.10. The molecule has 0 aliphatic rings. The molecule has 0 bridgehead atoms. The van der Waals surface area contributed by atoms with Crippen molar-refractivity contribution in [1.82, 2.24) is 20.3 Å². The molecule has 0 amide bonds. The van der Waals surface area contributed by atoms with Crippen LogP contribution in [-0.4, -0.2) is 28.6 Å². The van der Waals surface area contributed by atoms with Gasteiger partial charge in [0.05, 0.1) is 5.69 Å². The van der Waals surface area contributed by atoms with Crippen LogP contribution in [0.25, 0.3) is 0 Å². The largest absolute Gasteiger partial charge is 0.319 e. The summed E-state index contributed by atoms with van der Waals surface area (Å²) in [5.41, 5.74) is 1.16. The summed E-state index contributed by atoms with van der Waals surface area (Å²) in [6.45, 7) is 5.42. The van der Waals surface area contributed by atoms with Crippen LogP contribution in [0.3, 0.4) is 0 Å². The Bertz CT molecular complexity index is 278. The van der Waals surface area contributed by atoms with Crippen LogP contribution in [0.1, 0.15) is 25.5 Å². The topological polar surface area (TPSA) is 42.7 Å². The summed E-state index contributed by atoms with van der Waals surface area (Å²) in [4.78, 5) is 0. The van der Waals surface area contributed by atoms with Gasteiger partial charge in [-0.3, -0.25) is 4.68 Å². The van der Waals surface area contributed by atoms with Gasteiger partial charge in [0.2, 0.25) is 0 Å². The first-order chi connectivity index (χ1) is 6.57. The second-order valence-electron chi connectivity index (χ2n) is 3.71. The van der Waals surface area contributed by atoms with Crippen molar-refractivity contribution in [2.24, 2.45) is 13.0 Å². The Balaban J connectivity index is 2.82. The van der Waals surface area contributed by atoms with Gasteiger partial charge in [-0.05, 0) is 35.4 Å². The van der Waals surface area contributed by atoms with Gasteiger partial charge in [0.25, 0.3) is 0 Å². The molecule has 0 spiro atoms. The molecule has 0 aliphatic heterocycles. The molecular weight excluding hydrogens is 244 g/mol. The van der Waals surface area contributed by atoms with Gasteiger partial charge < -0.3 is 5.32 Å². The molecule has 1 aromatic rings. The molecule has 1 N–H and O–H groups in total. The van der Waals surface area contributed by atoms with Crippen molar-refractivity contribution < 1.29 is 0 Å². The summed E-state index contributed by atoms with van der Waals surface area (Å²) in [6.07, 6.45) is 0. The molecule has 2 unspecified atom stereocenters. The number of nitrogens with zero attached hydrogens (tertiary/aromatic N) is 3. The molecule has 0 aromatic carbocycles. The van der Waals surface area contributed by atoms with Crippen LogP contribution in [-0.2, 0) is 7.05 Å². The number of rotatable bonds is 4. The molecule has 4 nitrogen and oxygen atoms in total. The highest BCUT2D eigenvalue weighted by Crippen LogP contribution is 2.27. The molecular formula is C9H17BrN4. The Labute approximate surface area is 93.2 Å². The molecule has 1 heterocycles. The highest BCUT2D eigenvalue weighted by atomic mass is 79.9. The Morgan fingerprint density at radius 2 is 2.14 bits per heavy atom. The van der Waals surface area contributed by atoms with Gasteiger partial charge >= 0.3 is 0 Å². The summed E-state index contributed by atoms with van der Waals surface area (Å²) in [7, 11) is 3.90. The lowest BCUT2D eigenvalue weighted by molar-refractivity contribution is 0.443. The van der Waals surface area contributed by atoms with Crippen LogP contribution in [0.4, 0.5) is 0 Å². The molecule has 0 fully saturated rings. The van der Waals surface area contributed by atoms with Crippen molar-refractivity contribution >= 4 is 15.9 Å². The summed E-state index contributed by atoms with van der Waals surface area (Å²) in [5.74, 6) is 1.00. The van der Waals surface area contributed by atoms with Crippen LogP contribution in [0.2, 0.25) is 0 Å². The van der Waals surface area contributed by atoms with Gasteiger partial charge in [0.15, 0.2) is 4.60 Å². The number of aromatic nitrogens is 3. The summed E-state index contributed by atoms with van der Waals surface area (Å²) in [5, 5.41) is 11.2. The van der Waals surface area contributed by atoms with Gasteiger partial charge in [-0.1, -0.05) is 19.1 Å². The van der Waals surface area contributed by atoms with Crippen LogP contribution < -0.4 is 5.32 Å². The van der Waals surface area contributed by atoms with Gasteiger partial charge in [0, 0.05) is 13.0 Å². The van der Waals surface area contributed by atoms with E-state index in [0.717, 1.165) is 16.8 Å². The lowest BCUT2D eigenvalue weighted by Gasteiger charge is -2.19. The van der Waals surface area contributed by atoms with Crippen LogP contribution in [0, 0.1) is 5.92 Å². The quantitative estimate of drug-likeness (QED) is 0.893. The van der Waals surface area contributed by atoms with E-state index in [0.29, 0.717) is 11.8 Å². The predicted molar refractivity (Wildman–Crippen MR) is 60.2 cm³/mol. The number of halogens is 1. The summed E-state index contributed by atoms with van der Waals surface area (Å²) >= 11 is 3.42. The van der Waals surface area contributed by atoms with Crippen molar-refractivity contribution in [2.75, 3.05) is 13.6 Å². The van der Waals surface area contributed by atoms with E-state index in [9.17, 15) is 0 Å². The van der Waals surface area contributed by atoms with Crippen molar-refractivity contribution in [3.05, 3.63) is 10.3 Å². The smallest absolute Gasteiger partial charge is 0.151 e. The van der Waals surface area contributed by atoms with Crippen LogP contribution in [0.15, 0.2) is 4.60 Å². The molecule has 0 saturated heterocycles. The Morgan fingerprint density at radius 3 is 2.57 bits per heavy atom. The van der Waals surface area contributed by atoms with Gasteiger partial charge in [-0.25, -0.2) is 0 Å². The standard InChI is InChI=1S/C9H17BrN4/c1-6(5-11-3)7(2)8-9(10)12-13-14(8)4/h6-7,11H,5H2,1-4H3. The first kappa shape index (κ1) is 11.7. The Hall–Kier alpha value is -0.420. The SMILES string of the molecule is CNCC(C)C(C)c1c(Br)nnn1C. The molecule has 0 radical (unpaired) electrons. The predicted octanol–water partition coefficient (Wildman–Crippen LogP) is 1.54. The maximum Gasteiger partial charge on any atom is 0.151 e. The average molecular weight is 261 g/mol. The van der Waals surface area contributed by atoms with E-state index < -0.39 is 0 Å². The summed E-state index contributed by atoms with van der Waals surface area (Å²) in [6, 6.07) is 0. The van der Waals surface area contributed by atoms with E-state index in [2.05, 4.69) is 45.4 Å². The van der Waals surface area contributed by atoms with Crippen molar-refractivity contribution in [3.8, 4) is 0 Å².